The molecule has 1 aliphatic carbocycles. The molecule has 2 aromatic rings. The monoisotopic (exact) mass is 438 g/mol. The van der Waals surface area contributed by atoms with Gasteiger partial charge in [0, 0.05) is 18.4 Å². The number of aromatic nitrogens is 2. The van der Waals surface area contributed by atoms with Gasteiger partial charge in [0.25, 0.3) is 5.82 Å². The fourth-order valence-electron chi connectivity index (χ4n) is 4.23. The summed E-state index contributed by atoms with van der Waals surface area (Å²) in [4.78, 5) is 0. The standard InChI is InChI=1S/C20H27N2O.HI/c1-3-5-9-21-10-11-22(20(21)4-2)18-7-6-15-13-16-8-12-23-19(16)14-17(15)18;/h10-11,13-14,18H,3-9,12H2,1-2H3;1H/q+1;/p-1. The van der Waals surface area contributed by atoms with Crippen LogP contribution >= 0.6 is 0 Å². The van der Waals surface area contributed by atoms with E-state index in [-0.39, 0.29) is 24.0 Å². The van der Waals surface area contributed by atoms with E-state index in [1.807, 2.05) is 0 Å². The number of ether oxygens (including phenoxy) is 1. The smallest absolute Gasteiger partial charge is 0.256 e. The van der Waals surface area contributed by atoms with Gasteiger partial charge in [-0.05, 0) is 36.5 Å². The first-order valence-corrected chi connectivity index (χ1v) is 9.19. The SMILES string of the molecule is CCCC[n+]1ccn(C2CCc3cc4c(cc32)OCC4)c1CC.[I-]. The topological polar surface area (TPSA) is 18.0 Å². The molecule has 1 aromatic heterocycles. The van der Waals surface area contributed by atoms with E-state index < -0.39 is 0 Å². The van der Waals surface area contributed by atoms with Crippen molar-refractivity contribution in [3.8, 4) is 5.75 Å². The van der Waals surface area contributed by atoms with Crippen molar-refractivity contribution in [2.45, 2.75) is 65.0 Å². The molecule has 0 amide bonds. The van der Waals surface area contributed by atoms with E-state index in [9.17, 15) is 0 Å². The van der Waals surface area contributed by atoms with Gasteiger partial charge in [0.2, 0.25) is 0 Å². The zero-order valence-corrected chi connectivity index (χ0v) is 16.9. The van der Waals surface area contributed by atoms with Crippen LogP contribution in [-0.4, -0.2) is 11.2 Å². The number of aryl methyl sites for hydroxylation is 2. The quantitative estimate of drug-likeness (QED) is 0.495. The third-order valence-corrected chi connectivity index (χ3v) is 5.44. The summed E-state index contributed by atoms with van der Waals surface area (Å²) in [6.45, 7) is 6.52. The Kier molecular flexibility index (Phi) is 5.52. The van der Waals surface area contributed by atoms with Crippen LogP contribution in [-0.2, 0) is 25.8 Å². The number of nitrogens with zero attached hydrogens (tertiary/aromatic N) is 2. The summed E-state index contributed by atoms with van der Waals surface area (Å²) in [6, 6.07) is 5.21. The third-order valence-electron chi connectivity index (χ3n) is 5.44. The highest BCUT2D eigenvalue weighted by Crippen LogP contribution is 2.40. The molecular formula is C20H27IN2O. The van der Waals surface area contributed by atoms with E-state index in [0.29, 0.717) is 6.04 Å². The van der Waals surface area contributed by atoms with Crippen LogP contribution in [0.3, 0.4) is 0 Å². The van der Waals surface area contributed by atoms with E-state index >= 15 is 0 Å². The second kappa shape index (κ2) is 7.46. The van der Waals surface area contributed by atoms with Crippen molar-refractivity contribution in [2.75, 3.05) is 6.61 Å². The Morgan fingerprint density at radius 1 is 1.21 bits per heavy atom. The number of unbranched alkanes of at least 4 members (excludes halogenated alkanes) is 1. The maximum Gasteiger partial charge on any atom is 0.256 e. The second-order valence-electron chi connectivity index (χ2n) is 6.83. The lowest BCUT2D eigenvalue weighted by Crippen LogP contribution is -3.00. The van der Waals surface area contributed by atoms with Gasteiger partial charge in [-0.3, -0.25) is 0 Å². The lowest BCUT2D eigenvalue weighted by atomic mass is 10.0. The number of rotatable bonds is 5. The minimum absolute atomic E-state index is 0. The van der Waals surface area contributed by atoms with Crippen molar-refractivity contribution in [3.63, 3.8) is 0 Å². The second-order valence-corrected chi connectivity index (χ2v) is 6.83. The van der Waals surface area contributed by atoms with Gasteiger partial charge < -0.3 is 28.7 Å². The molecule has 1 aliphatic heterocycles. The molecule has 0 saturated carbocycles. The number of hydrogen-bond acceptors (Lipinski definition) is 1. The number of benzene rings is 1. The molecule has 4 rings (SSSR count). The van der Waals surface area contributed by atoms with Gasteiger partial charge in [0.15, 0.2) is 0 Å². The van der Waals surface area contributed by atoms with Crippen LogP contribution in [0.15, 0.2) is 24.5 Å². The molecule has 0 radical (unpaired) electrons. The summed E-state index contributed by atoms with van der Waals surface area (Å²) >= 11 is 0. The summed E-state index contributed by atoms with van der Waals surface area (Å²) in [5, 5.41) is 0. The highest BCUT2D eigenvalue weighted by atomic mass is 127. The van der Waals surface area contributed by atoms with Crippen LogP contribution in [0.2, 0.25) is 0 Å². The van der Waals surface area contributed by atoms with Gasteiger partial charge in [-0.15, -0.1) is 0 Å². The normalized spacial score (nSPS) is 18.0. The Balaban J connectivity index is 0.00000169. The molecule has 0 N–H and O–H groups in total. The minimum atomic E-state index is 0. The summed E-state index contributed by atoms with van der Waals surface area (Å²) in [5.41, 5.74) is 4.43. The molecule has 1 atom stereocenters. The Morgan fingerprint density at radius 3 is 2.88 bits per heavy atom. The molecule has 0 saturated heterocycles. The predicted molar refractivity (Wildman–Crippen MR) is 91.0 cm³/mol. The molecule has 24 heavy (non-hydrogen) atoms. The molecule has 3 nitrogen and oxygen atoms in total. The summed E-state index contributed by atoms with van der Waals surface area (Å²) < 4.78 is 10.8. The third kappa shape index (κ3) is 2.98. The zero-order valence-electron chi connectivity index (χ0n) is 14.7. The van der Waals surface area contributed by atoms with E-state index in [1.54, 1.807) is 0 Å². The number of hydrogen-bond donors (Lipinski definition) is 0. The van der Waals surface area contributed by atoms with Crippen molar-refractivity contribution in [2.24, 2.45) is 0 Å². The predicted octanol–water partition coefficient (Wildman–Crippen LogP) is 0.613. The van der Waals surface area contributed by atoms with Crippen molar-refractivity contribution < 1.29 is 33.3 Å². The van der Waals surface area contributed by atoms with Crippen molar-refractivity contribution in [1.29, 1.82) is 0 Å². The van der Waals surface area contributed by atoms with Crippen LogP contribution in [0, 0.1) is 0 Å². The maximum atomic E-state index is 5.81. The molecule has 1 unspecified atom stereocenters. The number of imidazole rings is 1. The van der Waals surface area contributed by atoms with Crippen LogP contribution in [0.4, 0.5) is 0 Å². The van der Waals surface area contributed by atoms with Gasteiger partial charge in [-0.25, -0.2) is 9.13 Å². The number of fused-ring (bicyclic) bond motifs is 2. The van der Waals surface area contributed by atoms with Crippen molar-refractivity contribution in [3.05, 3.63) is 47.0 Å². The first kappa shape index (κ1) is 17.8. The maximum absolute atomic E-state index is 5.81. The van der Waals surface area contributed by atoms with Gasteiger partial charge in [-0.1, -0.05) is 26.3 Å². The summed E-state index contributed by atoms with van der Waals surface area (Å²) in [7, 11) is 0. The van der Waals surface area contributed by atoms with Crippen LogP contribution < -0.4 is 33.3 Å². The molecule has 130 valence electrons. The lowest BCUT2D eigenvalue weighted by Gasteiger charge is -2.12. The summed E-state index contributed by atoms with van der Waals surface area (Å²) in [5.74, 6) is 2.58. The minimum Gasteiger partial charge on any atom is -1.00 e. The Hall–Kier alpha value is -1.04. The molecule has 1 aromatic carbocycles. The first-order chi connectivity index (χ1) is 11.3. The van der Waals surface area contributed by atoms with Gasteiger partial charge in [0.1, 0.15) is 24.2 Å². The van der Waals surface area contributed by atoms with Crippen LogP contribution in [0.5, 0.6) is 5.75 Å². The molecular weight excluding hydrogens is 411 g/mol. The Bertz CT molecular complexity index is 723. The molecule has 0 fully saturated rings. The Morgan fingerprint density at radius 2 is 2.08 bits per heavy atom. The first-order valence-electron chi connectivity index (χ1n) is 9.19. The number of halogens is 1. The fourth-order valence-corrected chi connectivity index (χ4v) is 4.23. The fraction of sp³-hybridized carbons (Fsp3) is 0.550. The largest absolute Gasteiger partial charge is 1.00 e. The van der Waals surface area contributed by atoms with Crippen LogP contribution in [0.1, 0.15) is 61.7 Å². The van der Waals surface area contributed by atoms with E-state index in [2.05, 4.69) is 47.5 Å². The van der Waals surface area contributed by atoms with Crippen LogP contribution in [0.25, 0.3) is 0 Å². The highest BCUT2D eigenvalue weighted by molar-refractivity contribution is 5.48. The highest BCUT2D eigenvalue weighted by Gasteiger charge is 2.32. The summed E-state index contributed by atoms with van der Waals surface area (Å²) in [6.07, 6.45) is 11.6. The van der Waals surface area contributed by atoms with Gasteiger partial charge >= 0.3 is 0 Å². The molecule has 2 aliphatic rings. The zero-order chi connectivity index (χ0) is 15.8. The average molecular weight is 438 g/mol. The molecule has 0 bridgehead atoms. The molecule has 2 heterocycles. The lowest BCUT2D eigenvalue weighted by molar-refractivity contribution is -0.704. The van der Waals surface area contributed by atoms with Crippen molar-refractivity contribution >= 4 is 0 Å². The molecule has 4 heteroatoms. The van der Waals surface area contributed by atoms with E-state index in [1.165, 1.54) is 48.2 Å². The molecule has 0 spiro atoms. The van der Waals surface area contributed by atoms with Gasteiger partial charge in [0.05, 0.1) is 13.2 Å². The average Bonchev–Trinajstić information content (AvgIpc) is 3.27. The van der Waals surface area contributed by atoms with E-state index in [0.717, 1.165) is 31.7 Å². The Labute approximate surface area is 162 Å². The van der Waals surface area contributed by atoms with E-state index in [4.69, 9.17) is 4.74 Å². The van der Waals surface area contributed by atoms with Crippen molar-refractivity contribution in [1.82, 2.24) is 4.57 Å². The van der Waals surface area contributed by atoms with Gasteiger partial charge in [-0.2, -0.15) is 0 Å².